The molecule has 0 saturated carbocycles. The van der Waals surface area contributed by atoms with Crippen LogP contribution < -0.4 is 9.64 Å². The molecule has 0 aliphatic carbocycles. The highest BCUT2D eigenvalue weighted by Crippen LogP contribution is 2.38. The molecule has 6 heteroatoms. The molecule has 0 amide bonds. The SMILES string of the molecule is CCc1nc(N2CCCOc3ccccc32)sc1C(=O)O. The average molecular weight is 304 g/mol. The van der Waals surface area contributed by atoms with Gasteiger partial charge in [-0.1, -0.05) is 30.4 Å². The molecule has 3 rings (SSSR count). The molecule has 5 nitrogen and oxygen atoms in total. The minimum atomic E-state index is -0.907. The lowest BCUT2D eigenvalue weighted by Gasteiger charge is -2.20. The number of nitrogens with zero attached hydrogens (tertiary/aromatic N) is 2. The molecule has 0 saturated heterocycles. The molecule has 0 unspecified atom stereocenters. The van der Waals surface area contributed by atoms with Gasteiger partial charge in [0.1, 0.15) is 10.6 Å². The van der Waals surface area contributed by atoms with Crippen LogP contribution in [0.1, 0.15) is 28.7 Å². The summed E-state index contributed by atoms with van der Waals surface area (Å²) in [6.07, 6.45) is 1.49. The summed E-state index contributed by atoms with van der Waals surface area (Å²) in [5.41, 5.74) is 1.59. The monoisotopic (exact) mass is 304 g/mol. The summed E-state index contributed by atoms with van der Waals surface area (Å²) < 4.78 is 5.73. The van der Waals surface area contributed by atoms with E-state index in [0.717, 1.165) is 29.5 Å². The zero-order chi connectivity index (χ0) is 14.8. The first-order valence-corrected chi connectivity index (χ1v) is 7.74. The minimum Gasteiger partial charge on any atom is -0.491 e. The van der Waals surface area contributed by atoms with Gasteiger partial charge in [0.15, 0.2) is 5.13 Å². The fourth-order valence-electron chi connectivity index (χ4n) is 2.39. The zero-order valence-corrected chi connectivity index (χ0v) is 12.5. The fourth-order valence-corrected chi connectivity index (χ4v) is 3.42. The number of hydrogen-bond acceptors (Lipinski definition) is 5. The van der Waals surface area contributed by atoms with Crippen molar-refractivity contribution < 1.29 is 14.6 Å². The third kappa shape index (κ3) is 2.58. The van der Waals surface area contributed by atoms with Crippen LogP contribution in [0, 0.1) is 0 Å². The number of carboxylic acids is 1. The Labute approximate surface area is 126 Å². The lowest BCUT2D eigenvalue weighted by Crippen LogP contribution is -2.17. The molecular formula is C15H16N2O3S. The smallest absolute Gasteiger partial charge is 0.347 e. The Balaban J connectivity index is 2.06. The highest BCUT2D eigenvalue weighted by Gasteiger charge is 2.23. The number of aromatic nitrogens is 1. The second-order valence-corrected chi connectivity index (χ2v) is 5.73. The zero-order valence-electron chi connectivity index (χ0n) is 11.7. The van der Waals surface area contributed by atoms with Crippen LogP contribution in [0.2, 0.25) is 0 Å². The van der Waals surface area contributed by atoms with Crippen molar-refractivity contribution in [3.63, 3.8) is 0 Å². The number of thiazole rings is 1. The van der Waals surface area contributed by atoms with E-state index in [1.165, 1.54) is 11.3 Å². The minimum absolute atomic E-state index is 0.329. The maximum Gasteiger partial charge on any atom is 0.347 e. The van der Waals surface area contributed by atoms with Crippen molar-refractivity contribution >= 4 is 28.1 Å². The summed E-state index contributed by atoms with van der Waals surface area (Å²) in [5, 5.41) is 10.0. The molecule has 1 aliphatic rings. The van der Waals surface area contributed by atoms with Crippen molar-refractivity contribution in [3.05, 3.63) is 34.8 Å². The summed E-state index contributed by atoms with van der Waals surface area (Å²) in [5.74, 6) is -0.0879. The Bertz CT molecular complexity index is 669. The fraction of sp³-hybridized carbons (Fsp3) is 0.333. The van der Waals surface area contributed by atoms with Crippen LogP contribution in [0.3, 0.4) is 0 Å². The molecule has 2 aromatic rings. The van der Waals surface area contributed by atoms with E-state index in [2.05, 4.69) is 9.88 Å². The molecule has 2 heterocycles. The maximum absolute atomic E-state index is 11.3. The standard InChI is InChI=1S/C15H16N2O3S/c1-2-10-13(14(18)19)21-15(16-10)17-8-5-9-20-12-7-4-3-6-11(12)17/h3-4,6-7H,2,5,8-9H2,1H3,(H,18,19). The molecule has 0 atom stereocenters. The van der Waals surface area contributed by atoms with Crippen LogP contribution in [0.5, 0.6) is 5.75 Å². The summed E-state index contributed by atoms with van der Waals surface area (Å²) in [6, 6.07) is 7.80. The van der Waals surface area contributed by atoms with E-state index in [1.54, 1.807) is 0 Å². The molecule has 1 N–H and O–H groups in total. The van der Waals surface area contributed by atoms with Gasteiger partial charge in [-0.05, 0) is 25.0 Å². The van der Waals surface area contributed by atoms with E-state index >= 15 is 0 Å². The van der Waals surface area contributed by atoms with E-state index in [9.17, 15) is 9.90 Å². The van der Waals surface area contributed by atoms with E-state index in [4.69, 9.17) is 4.74 Å². The van der Waals surface area contributed by atoms with Crippen molar-refractivity contribution in [2.24, 2.45) is 0 Å². The summed E-state index contributed by atoms with van der Waals surface area (Å²) >= 11 is 1.23. The largest absolute Gasteiger partial charge is 0.491 e. The van der Waals surface area contributed by atoms with Crippen LogP contribution >= 0.6 is 11.3 Å². The normalized spacial score (nSPS) is 14.2. The van der Waals surface area contributed by atoms with Gasteiger partial charge in [0.2, 0.25) is 0 Å². The molecule has 0 bridgehead atoms. The van der Waals surface area contributed by atoms with Gasteiger partial charge in [0.25, 0.3) is 0 Å². The van der Waals surface area contributed by atoms with E-state index in [-0.39, 0.29) is 0 Å². The van der Waals surface area contributed by atoms with E-state index in [0.29, 0.717) is 23.6 Å². The topological polar surface area (TPSA) is 62.7 Å². The van der Waals surface area contributed by atoms with Crippen molar-refractivity contribution in [2.75, 3.05) is 18.1 Å². The molecule has 0 fully saturated rings. The summed E-state index contributed by atoms with van der Waals surface area (Å²) in [4.78, 5) is 18.2. The van der Waals surface area contributed by atoms with Crippen molar-refractivity contribution in [1.29, 1.82) is 0 Å². The van der Waals surface area contributed by atoms with Crippen LogP contribution in [-0.4, -0.2) is 29.2 Å². The summed E-state index contributed by atoms with van der Waals surface area (Å²) in [6.45, 7) is 3.35. The maximum atomic E-state index is 11.3. The molecule has 1 aliphatic heterocycles. The Morgan fingerprint density at radius 2 is 2.29 bits per heavy atom. The Kier molecular flexibility index (Phi) is 3.79. The lowest BCUT2D eigenvalue weighted by atomic mass is 10.2. The first kappa shape index (κ1) is 13.9. The lowest BCUT2D eigenvalue weighted by molar-refractivity contribution is 0.0701. The van der Waals surface area contributed by atoms with Crippen molar-refractivity contribution in [1.82, 2.24) is 4.98 Å². The van der Waals surface area contributed by atoms with Gasteiger partial charge in [-0.2, -0.15) is 0 Å². The highest BCUT2D eigenvalue weighted by molar-refractivity contribution is 7.17. The Morgan fingerprint density at radius 1 is 1.48 bits per heavy atom. The first-order valence-electron chi connectivity index (χ1n) is 6.93. The first-order chi connectivity index (χ1) is 10.2. The number of carboxylic acid groups (broad SMARTS) is 1. The van der Waals surface area contributed by atoms with Gasteiger partial charge >= 0.3 is 5.97 Å². The predicted octanol–water partition coefficient (Wildman–Crippen LogP) is 3.32. The molecule has 0 spiro atoms. The number of fused-ring (bicyclic) bond motifs is 1. The highest BCUT2D eigenvalue weighted by atomic mass is 32.1. The van der Waals surface area contributed by atoms with E-state index < -0.39 is 5.97 Å². The van der Waals surface area contributed by atoms with Gasteiger partial charge in [0.05, 0.1) is 18.0 Å². The van der Waals surface area contributed by atoms with Crippen LogP contribution in [-0.2, 0) is 6.42 Å². The third-order valence-corrected chi connectivity index (χ3v) is 4.49. The molecule has 0 radical (unpaired) electrons. The van der Waals surface area contributed by atoms with Crippen LogP contribution in [0.4, 0.5) is 10.8 Å². The number of para-hydroxylation sites is 2. The molecule has 21 heavy (non-hydrogen) atoms. The predicted molar refractivity (Wildman–Crippen MR) is 82.0 cm³/mol. The van der Waals surface area contributed by atoms with Crippen molar-refractivity contribution in [2.45, 2.75) is 19.8 Å². The number of aryl methyl sites for hydroxylation is 1. The number of ether oxygens (including phenoxy) is 1. The summed E-state index contributed by atoms with van der Waals surface area (Å²) in [7, 11) is 0. The molecule has 1 aromatic heterocycles. The second-order valence-electron chi connectivity index (χ2n) is 4.75. The van der Waals surface area contributed by atoms with E-state index in [1.807, 2.05) is 31.2 Å². The number of anilines is 2. The number of rotatable bonds is 3. The quantitative estimate of drug-likeness (QED) is 0.942. The molecular weight excluding hydrogens is 288 g/mol. The van der Waals surface area contributed by atoms with Gasteiger partial charge in [-0.3, -0.25) is 0 Å². The second kappa shape index (κ2) is 5.73. The number of hydrogen-bond donors (Lipinski definition) is 1. The van der Waals surface area contributed by atoms with Gasteiger partial charge in [-0.25, -0.2) is 9.78 Å². The van der Waals surface area contributed by atoms with Crippen LogP contribution in [0.25, 0.3) is 0 Å². The average Bonchev–Trinajstić information content (AvgIpc) is 2.81. The molecule has 1 aromatic carbocycles. The van der Waals surface area contributed by atoms with Gasteiger partial charge < -0.3 is 14.7 Å². The Hall–Kier alpha value is -2.08. The Morgan fingerprint density at radius 3 is 3.00 bits per heavy atom. The molecule has 110 valence electrons. The number of carbonyl (C=O) groups is 1. The van der Waals surface area contributed by atoms with Crippen molar-refractivity contribution in [3.8, 4) is 5.75 Å². The number of aromatic carboxylic acids is 1. The van der Waals surface area contributed by atoms with Gasteiger partial charge in [0, 0.05) is 6.54 Å². The van der Waals surface area contributed by atoms with Gasteiger partial charge in [-0.15, -0.1) is 0 Å². The number of benzene rings is 1. The van der Waals surface area contributed by atoms with Crippen LogP contribution in [0.15, 0.2) is 24.3 Å². The third-order valence-electron chi connectivity index (χ3n) is 3.39.